The Balaban J connectivity index is 1.74. The van der Waals surface area contributed by atoms with E-state index < -0.39 is 0 Å². The van der Waals surface area contributed by atoms with Crippen molar-refractivity contribution in [2.45, 2.75) is 44.4 Å². The lowest BCUT2D eigenvalue weighted by Crippen LogP contribution is -2.30. The average Bonchev–Trinajstić information content (AvgIpc) is 2.84. The van der Waals surface area contributed by atoms with Gasteiger partial charge < -0.3 is 10.1 Å². The number of aryl methyl sites for hydroxylation is 1. The Kier molecular flexibility index (Phi) is 2.64. The molecule has 2 aliphatic heterocycles. The van der Waals surface area contributed by atoms with Gasteiger partial charge in [-0.15, -0.1) is 0 Å². The van der Waals surface area contributed by atoms with Gasteiger partial charge in [-0.3, -0.25) is 0 Å². The van der Waals surface area contributed by atoms with Crippen LogP contribution in [0.2, 0.25) is 0 Å². The van der Waals surface area contributed by atoms with Crippen LogP contribution in [0.4, 0.5) is 5.82 Å². The molecule has 2 bridgehead atoms. The molecule has 4 heteroatoms. The van der Waals surface area contributed by atoms with Crippen LogP contribution in [0.25, 0.3) is 0 Å². The molecule has 0 saturated carbocycles. The van der Waals surface area contributed by atoms with Crippen molar-refractivity contribution in [3.8, 4) is 0 Å². The summed E-state index contributed by atoms with van der Waals surface area (Å²) in [5, 5.41) is 3.48. The fourth-order valence-corrected chi connectivity index (χ4v) is 3.18. The average molecular weight is 283 g/mol. The highest BCUT2D eigenvalue weighted by molar-refractivity contribution is 9.10. The summed E-state index contributed by atoms with van der Waals surface area (Å²) in [6, 6.07) is 2.52. The normalized spacial score (nSPS) is 32.0. The maximum absolute atomic E-state index is 5.82. The van der Waals surface area contributed by atoms with Gasteiger partial charge in [0.2, 0.25) is 0 Å². The number of aromatic nitrogens is 1. The van der Waals surface area contributed by atoms with E-state index in [1.54, 1.807) is 0 Å². The first-order valence-electron chi connectivity index (χ1n) is 5.76. The fourth-order valence-electron chi connectivity index (χ4n) is 2.61. The SMILES string of the molecule is Cc1cnc(NC2CC3CCC2O3)c(Br)c1. The Hall–Kier alpha value is -0.610. The minimum Gasteiger partial charge on any atom is -0.373 e. The molecule has 86 valence electrons. The fraction of sp³-hybridized carbons (Fsp3) is 0.583. The zero-order chi connectivity index (χ0) is 11.1. The summed E-state index contributed by atoms with van der Waals surface area (Å²) in [6.45, 7) is 2.04. The van der Waals surface area contributed by atoms with E-state index >= 15 is 0 Å². The quantitative estimate of drug-likeness (QED) is 0.906. The first-order valence-corrected chi connectivity index (χ1v) is 6.56. The molecule has 3 heterocycles. The highest BCUT2D eigenvalue weighted by Crippen LogP contribution is 2.36. The summed E-state index contributed by atoms with van der Waals surface area (Å²) >= 11 is 3.54. The molecule has 0 spiro atoms. The molecule has 1 N–H and O–H groups in total. The number of nitrogens with one attached hydrogen (secondary N) is 1. The van der Waals surface area contributed by atoms with Crippen LogP contribution >= 0.6 is 15.9 Å². The van der Waals surface area contributed by atoms with Crippen LogP contribution in [0, 0.1) is 6.92 Å². The monoisotopic (exact) mass is 282 g/mol. The zero-order valence-electron chi connectivity index (χ0n) is 9.24. The topological polar surface area (TPSA) is 34.2 Å². The van der Waals surface area contributed by atoms with E-state index in [1.165, 1.54) is 18.4 Å². The number of pyridine rings is 1. The van der Waals surface area contributed by atoms with Crippen molar-refractivity contribution in [2.75, 3.05) is 5.32 Å². The second kappa shape index (κ2) is 4.00. The number of nitrogens with zero attached hydrogens (tertiary/aromatic N) is 1. The predicted octanol–water partition coefficient (Wildman–Crippen LogP) is 2.88. The molecule has 3 rings (SSSR count). The smallest absolute Gasteiger partial charge is 0.140 e. The molecule has 1 aromatic rings. The number of fused-ring (bicyclic) bond motifs is 2. The third-order valence-corrected chi connectivity index (χ3v) is 4.01. The van der Waals surface area contributed by atoms with E-state index in [0.717, 1.165) is 16.7 Å². The molecule has 0 radical (unpaired) electrons. The summed E-state index contributed by atoms with van der Waals surface area (Å²) < 4.78 is 6.85. The Labute approximate surface area is 104 Å². The van der Waals surface area contributed by atoms with E-state index in [1.807, 2.05) is 13.1 Å². The third kappa shape index (κ3) is 1.84. The van der Waals surface area contributed by atoms with E-state index in [9.17, 15) is 0 Å². The predicted molar refractivity (Wildman–Crippen MR) is 66.6 cm³/mol. The second-order valence-corrected chi connectivity index (χ2v) is 5.56. The molecule has 0 amide bonds. The van der Waals surface area contributed by atoms with E-state index in [-0.39, 0.29) is 0 Å². The Bertz CT molecular complexity index is 410. The summed E-state index contributed by atoms with van der Waals surface area (Å²) in [6.07, 6.45) is 6.29. The van der Waals surface area contributed by atoms with Crippen molar-refractivity contribution < 1.29 is 4.74 Å². The lowest BCUT2D eigenvalue weighted by Gasteiger charge is -2.21. The molecule has 2 saturated heterocycles. The van der Waals surface area contributed by atoms with Crippen LogP contribution in [-0.4, -0.2) is 23.2 Å². The lowest BCUT2D eigenvalue weighted by molar-refractivity contribution is 0.102. The Morgan fingerprint density at radius 1 is 1.50 bits per heavy atom. The van der Waals surface area contributed by atoms with Gasteiger partial charge in [-0.2, -0.15) is 0 Å². The second-order valence-electron chi connectivity index (χ2n) is 4.70. The molecule has 2 aliphatic rings. The van der Waals surface area contributed by atoms with Gasteiger partial charge in [0.1, 0.15) is 5.82 Å². The number of anilines is 1. The number of hydrogen-bond acceptors (Lipinski definition) is 3. The van der Waals surface area contributed by atoms with Gasteiger partial charge in [0, 0.05) is 6.20 Å². The Morgan fingerprint density at radius 2 is 2.38 bits per heavy atom. The number of halogens is 1. The van der Waals surface area contributed by atoms with Crippen molar-refractivity contribution in [3.63, 3.8) is 0 Å². The van der Waals surface area contributed by atoms with Crippen LogP contribution in [0.3, 0.4) is 0 Å². The van der Waals surface area contributed by atoms with Crippen molar-refractivity contribution in [3.05, 3.63) is 22.3 Å². The highest BCUT2D eigenvalue weighted by atomic mass is 79.9. The van der Waals surface area contributed by atoms with Crippen LogP contribution < -0.4 is 5.32 Å². The zero-order valence-corrected chi connectivity index (χ0v) is 10.8. The lowest BCUT2D eigenvalue weighted by atomic mass is 9.95. The summed E-state index contributed by atoms with van der Waals surface area (Å²) in [4.78, 5) is 4.41. The third-order valence-electron chi connectivity index (χ3n) is 3.41. The van der Waals surface area contributed by atoms with Gasteiger partial charge in [0.05, 0.1) is 22.7 Å². The van der Waals surface area contributed by atoms with Gasteiger partial charge in [-0.1, -0.05) is 0 Å². The summed E-state index contributed by atoms with van der Waals surface area (Å²) in [5.74, 6) is 0.937. The molecule has 1 aromatic heterocycles. The molecule has 3 atom stereocenters. The number of rotatable bonds is 2. The van der Waals surface area contributed by atoms with Gasteiger partial charge in [-0.25, -0.2) is 4.98 Å². The first kappa shape index (κ1) is 10.5. The molecule has 0 aliphatic carbocycles. The number of ether oxygens (including phenoxy) is 1. The molecule has 3 nitrogen and oxygen atoms in total. The maximum atomic E-state index is 5.82. The van der Waals surface area contributed by atoms with E-state index in [4.69, 9.17) is 4.74 Å². The highest BCUT2D eigenvalue weighted by Gasteiger charge is 2.40. The van der Waals surface area contributed by atoms with Gasteiger partial charge in [0.15, 0.2) is 0 Å². The van der Waals surface area contributed by atoms with Crippen LogP contribution in [-0.2, 0) is 4.74 Å². The van der Waals surface area contributed by atoms with Crippen molar-refractivity contribution >= 4 is 21.7 Å². The van der Waals surface area contributed by atoms with Crippen molar-refractivity contribution in [2.24, 2.45) is 0 Å². The number of hydrogen-bond donors (Lipinski definition) is 1. The molecule has 3 unspecified atom stereocenters. The van der Waals surface area contributed by atoms with Crippen LogP contribution in [0.15, 0.2) is 16.7 Å². The summed E-state index contributed by atoms with van der Waals surface area (Å²) in [7, 11) is 0. The Morgan fingerprint density at radius 3 is 3.00 bits per heavy atom. The molecular weight excluding hydrogens is 268 g/mol. The molecular formula is C12H15BrN2O. The molecule has 16 heavy (non-hydrogen) atoms. The van der Waals surface area contributed by atoms with Crippen molar-refractivity contribution in [1.29, 1.82) is 0 Å². The standard InChI is InChI=1S/C12H15BrN2O/c1-7-4-9(13)12(14-6-7)15-10-5-8-2-3-11(10)16-8/h4,6,8,10-11H,2-3,5H2,1H3,(H,14,15). The summed E-state index contributed by atoms with van der Waals surface area (Å²) in [5.41, 5.74) is 1.17. The van der Waals surface area contributed by atoms with Gasteiger partial charge in [0.25, 0.3) is 0 Å². The van der Waals surface area contributed by atoms with Crippen molar-refractivity contribution in [1.82, 2.24) is 4.98 Å². The van der Waals surface area contributed by atoms with E-state index in [0.29, 0.717) is 18.2 Å². The van der Waals surface area contributed by atoms with Gasteiger partial charge in [-0.05, 0) is 53.7 Å². The minimum atomic E-state index is 0.389. The van der Waals surface area contributed by atoms with Crippen LogP contribution in [0.5, 0.6) is 0 Å². The first-order chi connectivity index (χ1) is 7.72. The minimum absolute atomic E-state index is 0.389. The largest absolute Gasteiger partial charge is 0.373 e. The van der Waals surface area contributed by atoms with Crippen LogP contribution in [0.1, 0.15) is 24.8 Å². The molecule has 0 aromatic carbocycles. The molecule has 2 fully saturated rings. The van der Waals surface area contributed by atoms with E-state index in [2.05, 4.69) is 32.3 Å². The van der Waals surface area contributed by atoms with Gasteiger partial charge >= 0.3 is 0 Å². The maximum Gasteiger partial charge on any atom is 0.140 e.